The van der Waals surface area contributed by atoms with Crippen molar-refractivity contribution in [3.05, 3.63) is 29.8 Å². The van der Waals surface area contributed by atoms with E-state index >= 15 is 0 Å². The van der Waals surface area contributed by atoms with Gasteiger partial charge in [-0.05, 0) is 24.5 Å². The van der Waals surface area contributed by atoms with Crippen LogP contribution in [0.15, 0.2) is 24.3 Å². The first-order valence-electron chi connectivity index (χ1n) is 4.82. The van der Waals surface area contributed by atoms with E-state index in [1.165, 1.54) is 18.4 Å². The van der Waals surface area contributed by atoms with E-state index in [0.717, 1.165) is 12.1 Å². The van der Waals surface area contributed by atoms with E-state index in [2.05, 4.69) is 37.0 Å². The quantitative estimate of drug-likeness (QED) is 0.582. The summed E-state index contributed by atoms with van der Waals surface area (Å²) in [6.45, 7) is 2.19. The fourth-order valence-corrected chi connectivity index (χ4v) is 1.57. The predicted molar refractivity (Wildman–Crippen MR) is 70.3 cm³/mol. The molecule has 1 rings (SSSR count). The first-order valence-corrected chi connectivity index (χ1v) is 5.67. The Morgan fingerprint density at radius 1 is 1.40 bits per heavy atom. The molecule has 0 radical (unpaired) electrons. The molecule has 1 N–H and O–H groups in total. The molecule has 0 atom stereocenters. The van der Waals surface area contributed by atoms with Crippen LogP contribution in [0.5, 0.6) is 0 Å². The molecule has 4 heteroatoms. The Kier molecular flexibility index (Phi) is 8.40. The average molecular weight is 409 g/mol. The van der Waals surface area contributed by atoms with Gasteiger partial charge in [0.1, 0.15) is 4.32 Å². The number of thiocarbonyl (C=S) groups is 1. The third kappa shape index (κ3) is 5.69. The zero-order valence-corrected chi connectivity index (χ0v) is 13.3. The number of thiol groups is 1. The van der Waals surface area contributed by atoms with Crippen LogP contribution in [0.3, 0.4) is 0 Å². The summed E-state index contributed by atoms with van der Waals surface area (Å²) in [7, 11) is 0. The van der Waals surface area contributed by atoms with Crippen LogP contribution in [0.4, 0.5) is 5.69 Å². The number of unbranched alkanes of at least 4 members (excludes halogenated alkanes) is 1. The predicted octanol–water partition coefficient (Wildman–Crippen LogP) is 3.65. The molecule has 0 fully saturated rings. The minimum atomic E-state index is 0. The van der Waals surface area contributed by atoms with Gasteiger partial charge in [-0.3, -0.25) is 0 Å². The molecule has 0 saturated carbocycles. The molecule has 0 aromatic heterocycles. The topological polar surface area (TPSA) is 12.0 Å². The normalized spacial score (nSPS) is 9.20. The molecule has 0 unspecified atom stereocenters. The van der Waals surface area contributed by atoms with Crippen molar-refractivity contribution in [1.82, 2.24) is 0 Å². The smallest absolute Gasteiger partial charge is 0.135 e. The molecule has 15 heavy (non-hydrogen) atoms. The van der Waals surface area contributed by atoms with Crippen molar-refractivity contribution in [2.24, 2.45) is 0 Å². The maximum atomic E-state index is 4.90. The molecule has 1 aromatic carbocycles. The van der Waals surface area contributed by atoms with Crippen molar-refractivity contribution in [2.75, 3.05) is 5.32 Å². The molecule has 0 bridgehead atoms. The van der Waals surface area contributed by atoms with Crippen LogP contribution < -0.4 is 5.32 Å². The molecule has 1 nitrogen and oxygen atoms in total. The van der Waals surface area contributed by atoms with Gasteiger partial charge in [-0.2, -0.15) is 0 Å². The second-order valence-electron chi connectivity index (χ2n) is 3.19. The summed E-state index contributed by atoms with van der Waals surface area (Å²) in [5.41, 5.74) is 2.40. The fourth-order valence-electron chi connectivity index (χ4n) is 1.34. The summed E-state index contributed by atoms with van der Waals surface area (Å²) in [6.07, 6.45) is 3.51. The summed E-state index contributed by atoms with van der Waals surface area (Å²) in [6, 6.07) is 8.22. The molecule has 0 saturated heterocycles. The van der Waals surface area contributed by atoms with Gasteiger partial charge in [-0.25, -0.2) is 0 Å². The van der Waals surface area contributed by atoms with E-state index in [1.807, 2.05) is 12.1 Å². The minimum Gasteiger partial charge on any atom is -0.341 e. The van der Waals surface area contributed by atoms with E-state index in [-0.39, 0.29) is 21.1 Å². The van der Waals surface area contributed by atoms with E-state index in [4.69, 9.17) is 12.2 Å². The standard InChI is InChI=1S/C11H15NS2.W/c1-2-3-6-9-7-4-5-8-10(9)12-11(13)14;/h4-5,7-8H,2-3,6H2,1H3,(H2,12,13,14);. The summed E-state index contributed by atoms with van der Waals surface area (Å²) >= 11 is 8.97. The van der Waals surface area contributed by atoms with Crippen molar-refractivity contribution < 1.29 is 21.1 Å². The Hall–Kier alpha value is 0.148. The molecule has 0 aliphatic heterocycles. The maximum absolute atomic E-state index is 4.90. The number of rotatable bonds is 4. The first-order chi connectivity index (χ1) is 6.74. The van der Waals surface area contributed by atoms with E-state index in [0.29, 0.717) is 4.32 Å². The number of benzene rings is 1. The number of nitrogens with one attached hydrogen (secondary N) is 1. The number of anilines is 1. The summed E-state index contributed by atoms with van der Waals surface area (Å²) in [5, 5.41) is 3.08. The van der Waals surface area contributed by atoms with Gasteiger partial charge in [0.2, 0.25) is 0 Å². The van der Waals surface area contributed by atoms with Crippen LogP contribution in [0.1, 0.15) is 25.3 Å². The van der Waals surface area contributed by atoms with Gasteiger partial charge < -0.3 is 5.32 Å². The molecule has 0 aliphatic rings. The Morgan fingerprint density at radius 3 is 2.67 bits per heavy atom. The minimum absolute atomic E-state index is 0. The Bertz CT molecular complexity index is 315. The zero-order valence-electron chi connectivity index (χ0n) is 8.69. The molecular weight excluding hydrogens is 394 g/mol. The number of para-hydroxylation sites is 1. The second-order valence-corrected chi connectivity index (χ2v) is 4.35. The molecule has 1 aromatic rings. The van der Waals surface area contributed by atoms with Crippen molar-refractivity contribution >= 4 is 34.9 Å². The Labute approximate surface area is 117 Å². The monoisotopic (exact) mass is 409 g/mol. The van der Waals surface area contributed by atoms with Gasteiger partial charge in [-0.15, -0.1) is 12.6 Å². The molecule has 0 aliphatic carbocycles. The van der Waals surface area contributed by atoms with E-state index < -0.39 is 0 Å². The van der Waals surface area contributed by atoms with Crippen LogP contribution in [-0.2, 0) is 27.5 Å². The number of hydrogen-bond donors (Lipinski definition) is 2. The maximum Gasteiger partial charge on any atom is 0.135 e. The van der Waals surface area contributed by atoms with Crippen LogP contribution in [0.25, 0.3) is 0 Å². The van der Waals surface area contributed by atoms with Crippen molar-refractivity contribution in [2.45, 2.75) is 26.2 Å². The summed E-state index contributed by atoms with van der Waals surface area (Å²) in [5.74, 6) is 0. The van der Waals surface area contributed by atoms with E-state index in [9.17, 15) is 0 Å². The molecular formula is C11H15NS2W. The fraction of sp³-hybridized carbons (Fsp3) is 0.364. The van der Waals surface area contributed by atoms with Crippen LogP contribution >= 0.6 is 24.8 Å². The molecule has 82 valence electrons. The second kappa shape index (κ2) is 8.32. The molecule has 0 spiro atoms. The Morgan fingerprint density at radius 2 is 2.07 bits per heavy atom. The van der Waals surface area contributed by atoms with Crippen LogP contribution in [0, 0.1) is 0 Å². The first kappa shape index (κ1) is 15.1. The average Bonchev–Trinajstić information content (AvgIpc) is 2.16. The summed E-state index contributed by atoms with van der Waals surface area (Å²) in [4.78, 5) is 0. The van der Waals surface area contributed by atoms with Gasteiger partial charge in [0.15, 0.2) is 0 Å². The SMILES string of the molecule is CCCCc1ccccc1NC(=S)S.[W]. The van der Waals surface area contributed by atoms with Crippen molar-refractivity contribution in [1.29, 1.82) is 0 Å². The number of aryl methyl sites for hydroxylation is 1. The van der Waals surface area contributed by atoms with Gasteiger partial charge in [0, 0.05) is 26.8 Å². The van der Waals surface area contributed by atoms with Gasteiger partial charge in [-0.1, -0.05) is 43.8 Å². The molecule has 0 heterocycles. The summed E-state index contributed by atoms with van der Waals surface area (Å²) < 4.78 is 0.522. The third-order valence-corrected chi connectivity index (χ3v) is 2.27. The van der Waals surface area contributed by atoms with Crippen LogP contribution in [0.2, 0.25) is 0 Å². The van der Waals surface area contributed by atoms with Gasteiger partial charge in [0.25, 0.3) is 0 Å². The van der Waals surface area contributed by atoms with E-state index in [1.54, 1.807) is 0 Å². The van der Waals surface area contributed by atoms with Crippen molar-refractivity contribution in [3.63, 3.8) is 0 Å². The largest absolute Gasteiger partial charge is 0.341 e. The van der Waals surface area contributed by atoms with Gasteiger partial charge >= 0.3 is 0 Å². The molecule has 0 amide bonds. The third-order valence-electron chi connectivity index (χ3n) is 2.06. The zero-order chi connectivity index (χ0) is 10.4. The van der Waals surface area contributed by atoms with Crippen molar-refractivity contribution in [3.8, 4) is 0 Å². The van der Waals surface area contributed by atoms with Crippen LogP contribution in [-0.4, -0.2) is 4.32 Å². The van der Waals surface area contributed by atoms with Gasteiger partial charge in [0.05, 0.1) is 0 Å². The Balaban J connectivity index is 0.00000196. The number of hydrogen-bond acceptors (Lipinski definition) is 1.